The van der Waals surface area contributed by atoms with Crippen LogP contribution in [-0.2, 0) is 9.53 Å². The number of methoxy groups -OCH3 is 1. The molecule has 0 saturated heterocycles. The average Bonchev–Trinajstić information content (AvgIpc) is 2.16. The molecule has 84 valence electrons. The summed E-state index contributed by atoms with van der Waals surface area (Å²) < 4.78 is 4.62. The molecule has 0 unspecified atom stereocenters. The summed E-state index contributed by atoms with van der Waals surface area (Å²) in [7, 11) is 1.40. The lowest BCUT2D eigenvalue weighted by molar-refractivity contribution is -0.142. The SMILES string of the molecule is COC(=O)C[C@@H](C)[C@@H](C)C(C)(C)CO. The van der Waals surface area contributed by atoms with E-state index in [1.165, 1.54) is 7.11 Å². The monoisotopic (exact) mass is 202 g/mol. The van der Waals surface area contributed by atoms with Gasteiger partial charge in [-0.1, -0.05) is 27.7 Å². The number of hydrogen-bond donors (Lipinski definition) is 1. The zero-order valence-electron chi connectivity index (χ0n) is 9.83. The summed E-state index contributed by atoms with van der Waals surface area (Å²) >= 11 is 0. The van der Waals surface area contributed by atoms with Crippen LogP contribution in [0.1, 0.15) is 34.1 Å². The van der Waals surface area contributed by atoms with Gasteiger partial charge in [0.25, 0.3) is 0 Å². The molecule has 0 aliphatic carbocycles. The van der Waals surface area contributed by atoms with Crippen LogP contribution in [0.2, 0.25) is 0 Å². The molecule has 3 heteroatoms. The molecule has 0 radical (unpaired) electrons. The minimum absolute atomic E-state index is 0.139. The van der Waals surface area contributed by atoms with Crippen molar-refractivity contribution in [3.05, 3.63) is 0 Å². The van der Waals surface area contributed by atoms with Gasteiger partial charge in [-0.25, -0.2) is 0 Å². The lowest BCUT2D eigenvalue weighted by Gasteiger charge is -2.33. The number of hydrogen-bond acceptors (Lipinski definition) is 3. The third-order valence-corrected chi connectivity index (χ3v) is 3.21. The maximum absolute atomic E-state index is 11.1. The third kappa shape index (κ3) is 3.66. The molecule has 14 heavy (non-hydrogen) atoms. The summed E-state index contributed by atoms with van der Waals surface area (Å²) in [6.07, 6.45) is 0.418. The quantitative estimate of drug-likeness (QED) is 0.692. The summed E-state index contributed by atoms with van der Waals surface area (Å²) in [6, 6.07) is 0. The van der Waals surface area contributed by atoms with E-state index in [1.807, 2.05) is 20.8 Å². The first-order valence-electron chi connectivity index (χ1n) is 5.02. The van der Waals surface area contributed by atoms with Crippen LogP contribution in [0.5, 0.6) is 0 Å². The van der Waals surface area contributed by atoms with Crippen LogP contribution < -0.4 is 0 Å². The number of carbonyl (C=O) groups excluding carboxylic acids is 1. The van der Waals surface area contributed by atoms with Crippen LogP contribution in [0.3, 0.4) is 0 Å². The zero-order chi connectivity index (χ0) is 11.4. The van der Waals surface area contributed by atoms with Crippen LogP contribution >= 0.6 is 0 Å². The second-order valence-corrected chi connectivity index (χ2v) is 4.69. The number of aliphatic hydroxyl groups excluding tert-OH is 1. The van der Waals surface area contributed by atoms with Crippen molar-refractivity contribution in [2.75, 3.05) is 13.7 Å². The normalized spacial score (nSPS) is 16.1. The molecule has 2 atom stereocenters. The fourth-order valence-corrected chi connectivity index (χ4v) is 1.44. The summed E-state index contributed by atoms with van der Waals surface area (Å²) in [5.74, 6) is 0.328. The van der Waals surface area contributed by atoms with Crippen molar-refractivity contribution in [1.29, 1.82) is 0 Å². The smallest absolute Gasteiger partial charge is 0.305 e. The van der Waals surface area contributed by atoms with Crippen LogP contribution in [0.4, 0.5) is 0 Å². The van der Waals surface area contributed by atoms with Gasteiger partial charge in [0.15, 0.2) is 0 Å². The van der Waals surface area contributed by atoms with E-state index in [9.17, 15) is 9.90 Å². The van der Waals surface area contributed by atoms with Gasteiger partial charge in [0.2, 0.25) is 0 Å². The predicted octanol–water partition coefficient (Wildman–Crippen LogP) is 1.84. The molecule has 3 nitrogen and oxygen atoms in total. The Morgan fingerprint density at radius 3 is 2.29 bits per heavy atom. The molecule has 0 aromatic heterocycles. The first-order valence-corrected chi connectivity index (χ1v) is 5.02. The highest BCUT2D eigenvalue weighted by Crippen LogP contribution is 2.33. The molecule has 0 spiro atoms. The lowest BCUT2D eigenvalue weighted by atomic mass is 9.73. The van der Waals surface area contributed by atoms with Gasteiger partial charge in [0.1, 0.15) is 0 Å². The van der Waals surface area contributed by atoms with Gasteiger partial charge in [-0.3, -0.25) is 4.79 Å². The molecule has 0 heterocycles. The first-order chi connectivity index (χ1) is 6.35. The number of aliphatic hydroxyl groups is 1. The van der Waals surface area contributed by atoms with E-state index < -0.39 is 0 Å². The van der Waals surface area contributed by atoms with Crippen molar-refractivity contribution in [2.24, 2.45) is 17.3 Å². The number of carbonyl (C=O) groups is 1. The van der Waals surface area contributed by atoms with E-state index in [-0.39, 0.29) is 29.8 Å². The molecule has 0 amide bonds. The molecule has 0 rings (SSSR count). The van der Waals surface area contributed by atoms with E-state index >= 15 is 0 Å². The molecule has 0 aromatic rings. The van der Waals surface area contributed by atoms with E-state index in [0.29, 0.717) is 6.42 Å². The number of esters is 1. The summed E-state index contributed by atoms with van der Waals surface area (Å²) in [4.78, 5) is 11.1. The molecule has 0 aliphatic heterocycles. The van der Waals surface area contributed by atoms with Gasteiger partial charge < -0.3 is 9.84 Å². The van der Waals surface area contributed by atoms with Gasteiger partial charge in [-0.2, -0.15) is 0 Å². The standard InChI is InChI=1S/C11H22O3/c1-8(6-10(13)14-5)9(2)11(3,4)7-12/h8-9,12H,6-7H2,1-5H3/t8-,9-/m1/s1. The van der Waals surface area contributed by atoms with Crippen molar-refractivity contribution in [3.8, 4) is 0 Å². The number of ether oxygens (including phenoxy) is 1. The Labute approximate surface area is 86.5 Å². The van der Waals surface area contributed by atoms with Crippen molar-refractivity contribution in [1.82, 2.24) is 0 Å². The Balaban J connectivity index is 4.24. The average molecular weight is 202 g/mol. The molecule has 0 aromatic carbocycles. The van der Waals surface area contributed by atoms with E-state index in [0.717, 1.165) is 0 Å². The van der Waals surface area contributed by atoms with E-state index in [4.69, 9.17) is 0 Å². The Morgan fingerprint density at radius 1 is 1.43 bits per heavy atom. The Hall–Kier alpha value is -0.570. The second-order valence-electron chi connectivity index (χ2n) is 4.69. The fraction of sp³-hybridized carbons (Fsp3) is 0.909. The van der Waals surface area contributed by atoms with Gasteiger partial charge in [0.05, 0.1) is 7.11 Å². The molecule has 1 N–H and O–H groups in total. The Morgan fingerprint density at radius 2 is 1.93 bits per heavy atom. The largest absolute Gasteiger partial charge is 0.469 e. The number of rotatable bonds is 5. The Bertz CT molecular complexity index is 187. The molecule has 0 bridgehead atoms. The van der Waals surface area contributed by atoms with Crippen molar-refractivity contribution >= 4 is 5.97 Å². The van der Waals surface area contributed by atoms with Gasteiger partial charge in [-0.05, 0) is 17.3 Å². The maximum Gasteiger partial charge on any atom is 0.305 e. The van der Waals surface area contributed by atoms with Crippen molar-refractivity contribution < 1.29 is 14.6 Å². The van der Waals surface area contributed by atoms with Gasteiger partial charge in [0, 0.05) is 13.0 Å². The highest BCUT2D eigenvalue weighted by atomic mass is 16.5. The lowest BCUT2D eigenvalue weighted by Crippen LogP contribution is -2.31. The van der Waals surface area contributed by atoms with E-state index in [1.54, 1.807) is 0 Å². The fourth-order valence-electron chi connectivity index (χ4n) is 1.44. The third-order valence-electron chi connectivity index (χ3n) is 3.21. The highest BCUT2D eigenvalue weighted by Gasteiger charge is 2.30. The van der Waals surface area contributed by atoms with Crippen molar-refractivity contribution in [2.45, 2.75) is 34.1 Å². The van der Waals surface area contributed by atoms with Gasteiger partial charge >= 0.3 is 5.97 Å². The van der Waals surface area contributed by atoms with Crippen LogP contribution in [0.25, 0.3) is 0 Å². The van der Waals surface area contributed by atoms with Crippen LogP contribution in [-0.4, -0.2) is 24.8 Å². The van der Waals surface area contributed by atoms with Crippen LogP contribution in [0, 0.1) is 17.3 Å². The summed E-state index contributed by atoms with van der Waals surface area (Å²) in [5.41, 5.74) is -0.145. The highest BCUT2D eigenvalue weighted by molar-refractivity contribution is 5.69. The van der Waals surface area contributed by atoms with E-state index in [2.05, 4.69) is 11.7 Å². The van der Waals surface area contributed by atoms with Gasteiger partial charge in [-0.15, -0.1) is 0 Å². The predicted molar refractivity (Wildman–Crippen MR) is 55.8 cm³/mol. The topological polar surface area (TPSA) is 46.5 Å². The molecule has 0 saturated carbocycles. The molecular formula is C11H22O3. The summed E-state index contributed by atoms with van der Waals surface area (Å²) in [5, 5.41) is 9.19. The molecule has 0 aliphatic rings. The second kappa shape index (κ2) is 5.35. The zero-order valence-corrected chi connectivity index (χ0v) is 9.83. The van der Waals surface area contributed by atoms with Crippen LogP contribution in [0.15, 0.2) is 0 Å². The minimum atomic E-state index is -0.182. The minimum Gasteiger partial charge on any atom is -0.469 e. The Kier molecular flexibility index (Phi) is 5.13. The van der Waals surface area contributed by atoms with Crippen molar-refractivity contribution in [3.63, 3.8) is 0 Å². The molecule has 0 fully saturated rings. The first kappa shape index (κ1) is 13.4. The maximum atomic E-state index is 11.1. The molecular weight excluding hydrogens is 180 g/mol. The summed E-state index contributed by atoms with van der Waals surface area (Å²) in [6.45, 7) is 8.22.